The molecule has 0 spiro atoms. The summed E-state index contributed by atoms with van der Waals surface area (Å²) in [5, 5.41) is 0.336. The Hall–Kier alpha value is -0.510. The summed E-state index contributed by atoms with van der Waals surface area (Å²) >= 11 is 3.04. The van der Waals surface area contributed by atoms with Crippen LogP contribution in [0.4, 0.5) is 13.2 Å². The second-order valence-corrected chi connectivity index (χ2v) is 2.85. The minimum atomic E-state index is -2.61. The first-order valence-electron chi connectivity index (χ1n) is 3.27. The summed E-state index contributed by atoms with van der Waals surface area (Å²) in [6.07, 6.45) is -2.61. The second kappa shape index (κ2) is 3.94. The van der Waals surface area contributed by atoms with E-state index in [1.54, 1.807) is 0 Å². The van der Waals surface area contributed by atoms with Crippen LogP contribution in [0, 0.1) is 5.82 Å². The van der Waals surface area contributed by atoms with Gasteiger partial charge < -0.3 is 0 Å². The first-order valence-corrected chi connectivity index (χ1v) is 4.39. The highest BCUT2D eigenvalue weighted by atomic mass is 79.9. The standard InChI is InChI=1S/C8H6BrF3/c9-4-6-2-1-5(8(11)12)3-7(6)10/h1-3,8H,4H2. The van der Waals surface area contributed by atoms with Crippen LogP contribution in [0.15, 0.2) is 18.2 Å². The van der Waals surface area contributed by atoms with Crippen LogP contribution in [0.2, 0.25) is 0 Å². The Labute approximate surface area is 76.5 Å². The lowest BCUT2D eigenvalue weighted by Gasteiger charge is -2.02. The third kappa shape index (κ3) is 2.00. The average Bonchev–Trinajstić information content (AvgIpc) is 2.04. The molecule has 0 radical (unpaired) electrons. The van der Waals surface area contributed by atoms with Gasteiger partial charge >= 0.3 is 0 Å². The van der Waals surface area contributed by atoms with Crippen molar-refractivity contribution in [2.45, 2.75) is 11.8 Å². The van der Waals surface area contributed by atoms with E-state index in [2.05, 4.69) is 15.9 Å². The van der Waals surface area contributed by atoms with Gasteiger partial charge in [0.1, 0.15) is 5.82 Å². The molecule has 66 valence electrons. The lowest BCUT2D eigenvalue weighted by molar-refractivity contribution is 0.151. The molecule has 0 saturated heterocycles. The smallest absolute Gasteiger partial charge is 0.207 e. The van der Waals surface area contributed by atoms with Crippen molar-refractivity contribution in [2.24, 2.45) is 0 Å². The van der Waals surface area contributed by atoms with Gasteiger partial charge in [0.25, 0.3) is 6.43 Å². The molecule has 0 saturated carbocycles. The van der Waals surface area contributed by atoms with Gasteiger partial charge in [-0.3, -0.25) is 0 Å². The molecule has 0 aliphatic rings. The van der Waals surface area contributed by atoms with Gasteiger partial charge in [-0.25, -0.2) is 13.2 Å². The Morgan fingerprint density at radius 2 is 2.00 bits per heavy atom. The topological polar surface area (TPSA) is 0 Å². The Balaban J connectivity index is 3.02. The molecule has 0 heterocycles. The zero-order chi connectivity index (χ0) is 9.14. The van der Waals surface area contributed by atoms with Crippen LogP contribution in [0.3, 0.4) is 0 Å². The van der Waals surface area contributed by atoms with Gasteiger partial charge in [0.2, 0.25) is 0 Å². The van der Waals surface area contributed by atoms with Crippen molar-refractivity contribution >= 4 is 15.9 Å². The quantitative estimate of drug-likeness (QED) is 0.691. The summed E-state index contributed by atoms with van der Waals surface area (Å²) in [5.41, 5.74) is 0.108. The number of alkyl halides is 3. The van der Waals surface area contributed by atoms with Crippen molar-refractivity contribution in [3.8, 4) is 0 Å². The number of benzene rings is 1. The fraction of sp³-hybridized carbons (Fsp3) is 0.250. The molecule has 0 N–H and O–H groups in total. The predicted molar refractivity (Wildman–Crippen MR) is 44.0 cm³/mol. The predicted octanol–water partition coefficient (Wildman–Crippen LogP) is 3.66. The van der Waals surface area contributed by atoms with E-state index < -0.39 is 12.2 Å². The van der Waals surface area contributed by atoms with Crippen molar-refractivity contribution in [1.29, 1.82) is 0 Å². The van der Waals surface area contributed by atoms with Gasteiger partial charge in [0.05, 0.1) is 0 Å². The zero-order valence-electron chi connectivity index (χ0n) is 6.03. The van der Waals surface area contributed by atoms with Crippen LogP contribution in [-0.2, 0) is 5.33 Å². The van der Waals surface area contributed by atoms with E-state index in [0.717, 1.165) is 6.07 Å². The SMILES string of the molecule is Fc1cc(C(F)F)ccc1CBr. The Bertz CT molecular complexity index is 273. The average molecular weight is 239 g/mol. The molecule has 0 aromatic heterocycles. The van der Waals surface area contributed by atoms with Gasteiger partial charge in [-0.2, -0.15) is 0 Å². The van der Waals surface area contributed by atoms with E-state index in [1.807, 2.05) is 0 Å². The maximum atomic E-state index is 12.8. The van der Waals surface area contributed by atoms with Gasteiger partial charge in [-0.15, -0.1) is 0 Å². The van der Waals surface area contributed by atoms with Crippen molar-refractivity contribution in [2.75, 3.05) is 0 Å². The van der Waals surface area contributed by atoms with Crippen LogP contribution < -0.4 is 0 Å². The van der Waals surface area contributed by atoms with E-state index in [4.69, 9.17) is 0 Å². The molecule has 1 aromatic carbocycles. The summed E-state index contributed by atoms with van der Waals surface area (Å²) in [7, 11) is 0. The molecular weight excluding hydrogens is 233 g/mol. The third-order valence-corrected chi connectivity index (χ3v) is 2.08. The lowest BCUT2D eigenvalue weighted by Crippen LogP contribution is -1.90. The van der Waals surface area contributed by atoms with Crippen LogP contribution in [0.1, 0.15) is 17.6 Å². The Morgan fingerprint density at radius 1 is 1.33 bits per heavy atom. The number of hydrogen-bond acceptors (Lipinski definition) is 0. The summed E-state index contributed by atoms with van der Waals surface area (Å²) in [6, 6.07) is 3.44. The van der Waals surface area contributed by atoms with E-state index in [9.17, 15) is 13.2 Å². The summed E-state index contributed by atoms with van der Waals surface area (Å²) in [6.45, 7) is 0. The monoisotopic (exact) mass is 238 g/mol. The van der Waals surface area contributed by atoms with Crippen molar-refractivity contribution in [3.63, 3.8) is 0 Å². The Kier molecular flexibility index (Phi) is 3.14. The maximum absolute atomic E-state index is 12.8. The molecule has 0 fully saturated rings. The van der Waals surface area contributed by atoms with Gasteiger partial charge in [0.15, 0.2) is 0 Å². The molecule has 1 rings (SSSR count). The van der Waals surface area contributed by atoms with Gasteiger partial charge in [-0.05, 0) is 11.6 Å². The maximum Gasteiger partial charge on any atom is 0.263 e. The normalized spacial score (nSPS) is 10.8. The molecule has 0 aliphatic carbocycles. The molecule has 0 aliphatic heterocycles. The van der Waals surface area contributed by atoms with E-state index in [-0.39, 0.29) is 5.56 Å². The van der Waals surface area contributed by atoms with E-state index in [1.165, 1.54) is 12.1 Å². The summed E-state index contributed by atoms with van der Waals surface area (Å²) in [4.78, 5) is 0. The molecule has 0 nitrogen and oxygen atoms in total. The number of halogens is 4. The molecule has 0 atom stereocenters. The highest BCUT2D eigenvalue weighted by Gasteiger charge is 2.09. The fourth-order valence-electron chi connectivity index (χ4n) is 0.808. The Morgan fingerprint density at radius 3 is 2.42 bits per heavy atom. The minimum absolute atomic E-state index is 0.280. The lowest BCUT2D eigenvalue weighted by atomic mass is 10.1. The van der Waals surface area contributed by atoms with Gasteiger partial charge in [0, 0.05) is 10.9 Å². The number of hydrogen-bond donors (Lipinski definition) is 0. The highest BCUT2D eigenvalue weighted by Crippen LogP contribution is 2.21. The van der Waals surface area contributed by atoms with Crippen molar-refractivity contribution in [3.05, 3.63) is 35.1 Å². The summed E-state index contributed by atoms with van der Waals surface area (Å²) in [5.74, 6) is -0.593. The molecule has 0 bridgehead atoms. The molecule has 1 aromatic rings. The second-order valence-electron chi connectivity index (χ2n) is 2.29. The van der Waals surface area contributed by atoms with Crippen LogP contribution in [0.5, 0.6) is 0 Å². The number of rotatable bonds is 2. The van der Waals surface area contributed by atoms with E-state index in [0.29, 0.717) is 10.9 Å². The van der Waals surface area contributed by atoms with Crippen LogP contribution >= 0.6 is 15.9 Å². The zero-order valence-corrected chi connectivity index (χ0v) is 7.61. The third-order valence-electron chi connectivity index (χ3n) is 1.47. The minimum Gasteiger partial charge on any atom is -0.207 e. The van der Waals surface area contributed by atoms with Gasteiger partial charge in [-0.1, -0.05) is 28.1 Å². The molecular formula is C8H6BrF3. The molecule has 0 amide bonds. The molecule has 4 heteroatoms. The molecule has 0 unspecified atom stereocenters. The van der Waals surface area contributed by atoms with Crippen molar-refractivity contribution < 1.29 is 13.2 Å². The highest BCUT2D eigenvalue weighted by molar-refractivity contribution is 9.08. The molecule has 12 heavy (non-hydrogen) atoms. The summed E-state index contributed by atoms with van der Waals surface area (Å²) < 4.78 is 36.9. The fourth-order valence-corrected chi connectivity index (χ4v) is 1.26. The van der Waals surface area contributed by atoms with Crippen molar-refractivity contribution in [1.82, 2.24) is 0 Å². The first-order chi connectivity index (χ1) is 5.65. The van der Waals surface area contributed by atoms with Crippen LogP contribution in [-0.4, -0.2) is 0 Å². The van der Waals surface area contributed by atoms with E-state index >= 15 is 0 Å². The van der Waals surface area contributed by atoms with Crippen LogP contribution in [0.25, 0.3) is 0 Å². The largest absolute Gasteiger partial charge is 0.263 e. The first kappa shape index (κ1) is 9.58.